The maximum atomic E-state index is 5.57. The lowest BCUT2D eigenvalue weighted by Crippen LogP contribution is -2.05. The zero-order valence-electron chi connectivity index (χ0n) is 8.92. The second-order valence-corrected chi connectivity index (χ2v) is 3.88. The van der Waals surface area contributed by atoms with E-state index in [0.29, 0.717) is 6.54 Å². The predicted octanol–water partition coefficient (Wildman–Crippen LogP) is 1.83. The molecule has 0 aliphatic rings. The van der Waals surface area contributed by atoms with Gasteiger partial charge in [0.2, 0.25) is 0 Å². The first kappa shape index (κ1) is 11.3. The van der Waals surface area contributed by atoms with Crippen molar-refractivity contribution in [2.24, 2.45) is 5.73 Å². The van der Waals surface area contributed by atoms with E-state index in [2.05, 4.69) is 6.92 Å². The fraction of sp³-hybridized carbons (Fsp3) is 0.600. The van der Waals surface area contributed by atoms with Crippen LogP contribution >= 0.6 is 11.3 Å². The van der Waals surface area contributed by atoms with E-state index in [9.17, 15) is 0 Å². The van der Waals surface area contributed by atoms with Crippen molar-refractivity contribution in [1.82, 2.24) is 0 Å². The molecule has 14 heavy (non-hydrogen) atoms. The van der Waals surface area contributed by atoms with Crippen LogP contribution in [0.1, 0.15) is 18.1 Å². The van der Waals surface area contributed by atoms with Gasteiger partial charge in [-0.05, 0) is 19.4 Å². The molecule has 0 radical (unpaired) electrons. The van der Waals surface area contributed by atoms with Crippen LogP contribution in [-0.4, -0.2) is 20.8 Å². The van der Waals surface area contributed by atoms with E-state index < -0.39 is 0 Å². The second-order valence-electron chi connectivity index (χ2n) is 2.93. The van der Waals surface area contributed by atoms with Gasteiger partial charge in [0, 0.05) is 11.1 Å². The lowest BCUT2D eigenvalue weighted by molar-refractivity contribution is 0.422. The smallest absolute Gasteiger partial charge is 0.180 e. The Bertz CT molecular complexity index is 297. The topological polar surface area (TPSA) is 44.5 Å². The summed E-state index contributed by atoms with van der Waals surface area (Å²) < 4.78 is 10.6. The average Bonchev–Trinajstić information content (AvgIpc) is 2.56. The van der Waals surface area contributed by atoms with E-state index >= 15 is 0 Å². The molecule has 2 N–H and O–H groups in total. The number of hydrogen-bond acceptors (Lipinski definition) is 4. The molecule has 80 valence electrons. The molecule has 4 heteroatoms. The minimum atomic E-state index is 0.642. The fourth-order valence-corrected chi connectivity index (χ4v) is 2.61. The Morgan fingerprint density at radius 2 is 1.71 bits per heavy atom. The van der Waals surface area contributed by atoms with Crippen LogP contribution in [0.3, 0.4) is 0 Å². The highest BCUT2D eigenvalue weighted by atomic mass is 32.1. The van der Waals surface area contributed by atoms with Crippen molar-refractivity contribution >= 4 is 11.3 Å². The van der Waals surface area contributed by atoms with Crippen LogP contribution in [0.25, 0.3) is 0 Å². The molecule has 3 nitrogen and oxygen atoms in total. The molecule has 0 unspecified atom stereocenters. The van der Waals surface area contributed by atoms with Crippen LogP contribution in [0.4, 0.5) is 0 Å². The molecule has 1 heterocycles. The number of ether oxygens (including phenoxy) is 2. The molecule has 0 aromatic carbocycles. The second kappa shape index (κ2) is 5.22. The number of rotatable bonds is 5. The van der Waals surface area contributed by atoms with Crippen molar-refractivity contribution in [3.05, 3.63) is 11.1 Å². The normalized spacial score (nSPS) is 10.3. The molecule has 0 atom stereocenters. The van der Waals surface area contributed by atoms with Gasteiger partial charge in [-0.25, -0.2) is 0 Å². The van der Waals surface area contributed by atoms with Crippen molar-refractivity contribution in [1.29, 1.82) is 0 Å². The number of hydrogen-bond donors (Lipinski definition) is 1. The van der Waals surface area contributed by atoms with Gasteiger partial charge < -0.3 is 15.2 Å². The quantitative estimate of drug-likeness (QED) is 0.815. The zero-order chi connectivity index (χ0) is 10.6. The molecule has 0 aliphatic carbocycles. The lowest BCUT2D eigenvalue weighted by Gasteiger charge is -2.03. The van der Waals surface area contributed by atoms with Gasteiger partial charge in [-0.3, -0.25) is 0 Å². The summed E-state index contributed by atoms with van der Waals surface area (Å²) >= 11 is 1.55. The third-order valence-corrected chi connectivity index (χ3v) is 3.36. The summed E-state index contributed by atoms with van der Waals surface area (Å²) in [6.07, 6.45) is 1.81. The SMILES string of the molecule is CCc1c(OC)sc(OC)c1CCN. The van der Waals surface area contributed by atoms with Gasteiger partial charge in [-0.2, -0.15) is 0 Å². The summed E-state index contributed by atoms with van der Waals surface area (Å²) in [5.74, 6) is 0. The minimum Gasteiger partial charge on any atom is -0.487 e. The van der Waals surface area contributed by atoms with Gasteiger partial charge in [-0.15, -0.1) is 0 Å². The maximum absolute atomic E-state index is 5.57. The van der Waals surface area contributed by atoms with E-state index in [1.807, 2.05) is 0 Å². The van der Waals surface area contributed by atoms with Crippen molar-refractivity contribution in [3.63, 3.8) is 0 Å². The molecule has 0 amide bonds. The Hall–Kier alpha value is -0.740. The summed E-state index contributed by atoms with van der Waals surface area (Å²) in [5, 5.41) is 1.89. The average molecular weight is 215 g/mol. The van der Waals surface area contributed by atoms with Gasteiger partial charge in [0.25, 0.3) is 0 Å². The van der Waals surface area contributed by atoms with Crippen LogP contribution in [0.15, 0.2) is 0 Å². The van der Waals surface area contributed by atoms with Gasteiger partial charge in [-0.1, -0.05) is 18.3 Å². The summed E-state index contributed by atoms with van der Waals surface area (Å²) in [6.45, 7) is 2.76. The number of nitrogens with two attached hydrogens (primary N) is 1. The van der Waals surface area contributed by atoms with E-state index in [4.69, 9.17) is 15.2 Å². The molecule has 0 fully saturated rings. The Labute approximate surface area is 88.8 Å². The molecule has 0 bridgehead atoms. The largest absolute Gasteiger partial charge is 0.487 e. The van der Waals surface area contributed by atoms with Gasteiger partial charge in [0.05, 0.1) is 14.2 Å². The lowest BCUT2D eigenvalue weighted by atomic mass is 10.1. The van der Waals surface area contributed by atoms with Crippen LogP contribution in [0, 0.1) is 0 Å². The summed E-state index contributed by atoms with van der Waals surface area (Å²) in [4.78, 5) is 0. The van der Waals surface area contributed by atoms with Crippen molar-refractivity contribution in [3.8, 4) is 10.1 Å². The predicted molar refractivity (Wildman–Crippen MR) is 59.6 cm³/mol. The van der Waals surface area contributed by atoms with E-state index in [1.165, 1.54) is 11.1 Å². The molecular formula is C10H17NO2S. The summed E-state index contributed by atoms with van der Waals surface area (Å²) in [7, 11) is 3.38. The van der Waals surface area contributed by atoms with E-state index in [1.54, 1.807) is 25.6 Å². The molecule has 0 aliphatic heterocycles. The zero-order valence-corrected chi connectivity index (χ0v) is 9.74. The van der Waals surface area contributed by atoms with Crippen molar-refractivity contribution in [2.45, 2.75) is 19.8 Å². The third-order valence-electron chi connectivity index (χ3n) is 2.16. The van der Waals surface area contributed by atoms with Gasteiger partial charge in [0.15, 0.2) is 10.1 Å². The van der Waals surface area contributed by atoms with Crippen molar-refractivity contribution < 1.29 is 9.47 Å². The molecule has 1 aromatic heterocycles. The van der Waals surface area contributed by atoms with Crippen LogP contribution in [-0.2, 0) is 12.8 Å². The molecule has 0 spiro atoms. The van der Waals surface area contributed by atoms with E-state index in [-0.39, 0.29) is 0 Å². The molecule has 0 saturated carbocycles. The Morgan fingerprint density at radius 3 is 2.14 bits per heavy atom. The van der Waals surface area contributed by atoms with Crippen LogP contribution < -0.4 is 15.2 Å². The highest BCUT2D eigenvalue weighted by Crippen LogP contribution is 2.41. The standard InChI is InChI=1S/C10H17NO2S/c1-4-7-8(5-6-11)10(13-3)14-9(7)12-2/h4-6,11H2,1-3H3. The molecule has 0 saturated heterocycles. The Morgan fingerprint density at radius 1 is 1.14 bits per heavy atom. The fourth-order valence-electron chi connectivity index (χ4n) is 1.54. The summed E-state index contributed by atoms with van der Waals surface area (Å²) in [5.41, 5.74) is 8.01. The first-order chi connectivity index (χ1) is 6.78. The molecule has 1 aromatic rings. The first-order valence-electron chi connectivity index (χ1n) is 4.71. The third kappa shape index (κ3) is 2.01. The molecular weight excluding hydrogens is 198 g/mol. The molecule has 1 rings (SSSR count). The van der Waals surface area contributed by atoms with E-state index in [0.717, 1.165) is 23.0 Å². The Balaban J connectivity index is 3.11. The highest BCUT2D eigenvalue weighted by Gasteiger charge is 2.17. The van der Waals surface area contributed by atoms with Crippen LogP contribution in [0.2, 0.25) is 0 Å². The maximum Gasteiger partial charge on any atom is 0.180 e. The minimum absolute atomic E-state index is 0.642. The number of methoxy groups -OCH3 is 2. The van der Waals surface area contributed by atoms with Gasteiger partial charge in [0.1, 0.15) is 0 Å². The van der Waals surface area contributed by atoms with Crippen molar-refractivity contribution in [2.75, 3.05) is 20.8 Å². The highest BCUT2D eigenvalue weighted by molar-refractivity contribution is 7.16. The van der Waals surface area contributed by atoms with Gasteiger partial charge >= 0.3 is 0 Å². The first-order valence-corrected chi connectivity index (χ1v) is 5.52. The monoisotopic (exact) mass is 215 g/mol. The summed E-state index contributed by atoms with van der Waals surface area (Å²) in [6, 6.07) is 0. The Kier molecular flexibility index (Phi) is 4.22. The number of thiophene rings is 1. The van der Waals surface area contributed by atoms with Crippen LogP contribution in [0.5, 0.6) is 10.1 Å².